The minimum absolute atomic E-state index is 0.000355. The molecule has 1 aliphatic rings. The lowest BCUT2D eigenvalue weighted by molar-refractivity contribution is -0.116. The summed E-state index contributed by atoms with van der Waals surface area (Å²) >= 11 is 1.41. The van der Waals surface area contributed by atoms with Gasteiger partial charge in [-0.1, -0.05) is 35.6 Å². The molecule has 0 bridgehead atoms. The van der Waals surface area contributed by atoms with Crippen molar-refractivity contribution in [2.45, 2.75) is 45.1 Å². The van der Waals surface area contributed by atoms with Crippen molar-refractivity contribution in [3.63, 3.8) is 0 Å². The van der Waals surface area contributed by atoms with Crippen LogP contribution in [0, 0.1) is 0 Å². The average molecular weight is 362 g/mol. The van der Waals surface area contributed by atoms with E-state index in [1.165, 1.54) is 16.9 Å². The van der Waals surface area contributed by atoms with Crippen LogP contribution in [0.5, 0.6) is 0 Å². The fourth-order valence-electron chi connectivity index (χ4n) is 2.76. The number of anilines is 1. The Kier molecular flexibility index (Phi) is 7.40. The fourth-order valence-corrected chi connectivity index (χ4v) is 3.57. The number of carbonyl (C=O) groups excluding carboxylic acids is 1. The Morgan fingerprint density at radius 2 is 2.24 bits per heavy atom. The number of hydrogen-bond acceptors (Lipinski definition) is 5. The highest BCUT2D eigenvalue weighted by Crippen LogP contribution is 2.25. The molecule has 1 N–H and O–H groups in total. The summed E-state index contributed by atoms with van der Waals surface area (Å²) in [5.41, 5.74) is 1.33. The van der Waals surface area contributed by atoms with Gasteiger partial charge in [0.1, 0.15) is 11.9 Å². The van der Waals surface area contributed by atoms with Gasteiger partial charge in [-0.05, 0) is 32.3 Å². The van der Waals surface area contributed by atoms with E-state index in [9.17, 15) is 4.79 Å². The van der Waals surface area contributed by atoms with Crippen LogP contribution in [0.4, 0.5) is 5.13 Å². The Bertz CT molecular complexity index is 764. The van der Waals surface area contributed by atoms with Crippen molar-refractivity contribution in [2.24, 2.45) is 0 Å². The molecule has 1 atom stereocenters. The van der Waals surface area contributed by atoms with Crippen LogP contribution >= 0.6 is 11.3 Å². The van der Waals surface area contributed by atoms with Crippen LogP contribution < -0.4 is 15.2 Å². The van der Waals surface area contributed by atoms with E-state index in [1.807, 2.05) is 19.1 Å². The third-order valence-electron chi connectivity index (χ3n) is 4.17. The van der Waals surface area contributed by atoms with Crippen molar-refractivity contribution in [3.05, 3.63) is 33.4 Å². The number of amides is 1. The molecule has 0 aliphatic heterocycles. The van der Waals surface area contributed by atoms with Crippen LogP contribution in [0.25, 0.3) is 12.7 Å². The highest BCUT2D eigenvalue weighted by Gasteiger charge is 2.19. The van der Waals surface area contributed by atoms with Crippen molar-refractivity contribution in [2.75, 3.05) is 19.5 Å². The molecule has 2 rings (SSSR count). The first-order valence-electron chi connectivity index (χ1n) is 8.45. The molecule has 0 spiro atoms. The monoisotopic (exact) mass is 362 g/mol. The summed E-state index contributed by atoms with van der Waals surface area (Å²) in [6.45, 7) is 5.83. The number of unbranched alkanes of at least 4 members (excludes halogenated alkanes) is 1. The van der Waals surface area contributed by atoms with E-state index in [1.54, 1.807) is 14.2 Å². The molecule has 0 fully saturated rings. The standard InChI is InChI=1S/C19H26N2O3S/c1-5-15-13(2)25-19(20-15)21-18(22)9-7-6-8-14-10-11-16(23-3)17(12-14)24-4/h5,10-11,17H,2,6-9,12H2,1,3-4H3,(H,20,21,22)/b15-5+. The summed E-state index contributed by atoms with van der Waals surface area (Å²) in [5.74, 6) is 0.868. The van der Waals surface area contributed by atoms with Gasteiger partial charge in [-0.25, -0.2) is 4.98 Å². The molecule has 0 radical (unpaired) electrons. The van der Waals surface area contributed by atoms with Gasteiger partial charge in [0.05, 0.1) is 12.5 Å². The zero-order valence-electron chi connectivity index (χ0n) is 15.1. The van der Waals surface area contributed by atoms with Crippen LogP contribution in [0.3, 0.4) is 0 Å². The van der Waals surface area contributed by atoms with Gasteiger partial charge in [-0.2, -0.15) is 0 Å². The SMILES string of the molecule is C=c1sc(NC(=O)CCCCC2=CC=C(OC)C(OC)C2)n/c1=C/C. The van der Waals surface area contributed by atoms with Gasteiger partial charge in [0, 0.05) is 24.5 Å². The Balaban J connectivity index is 1.74. The summed E-state index contributed by atoms with van der Waals surface area (Å²) in [5, 5.41) is 4.31. The molecule has 6 heteroatoms. The molecule has 0 aromatic carbocycles. The lowest BCUT2D eigenvalue weighted by Gasteiger charge is -2.22. The second-order valence-electron chi connectivity index (χ2n) is 5.90. The molecular weight excluding hydrogens is 336 g/mol. The first-order valence-corrected chi connectivity index (χ1v) is 9.27. The van der Waals surface area contributed by atoms with Crippen LogP contribution in [-0.4, -0.2) is 31.2 Å². The van der Waals surface area contributed by atoms with Gasteiger partial charge in [-0.3, -0.25) is 4.79 Å². The molecule has 1 aromatic rings. The number of methoxy groups -OCH3 is 2. The Labute approximate surface area is 152 Å². The lowest BCUT2D eigenvalue weighted by Crippen LogP contribution is -2.19. The molecule has 25 heavy (non-hydrogen) atoms. The first-order chi connectivity index (χ1) is 12.1. The molecule has 1 unspecified atom stereocenters. The van der Waals surface area contributed by atoms with Crippen molar-refractivity contribution in [1.82, 2.24) is 4.98 Å². The fraction of sp³-hybridized carbons (Fsp3) is 0.474. The van der Waals surface area contributed by atoms with Gasteiger partial charge < -0.3 is 14.8 Å². The molecule has 0 saturated heterocycles. The molecule has 5 nitrogen and oxygen atoms in total. The molecular formula is C19H26N2O3S. The summed E-state index contributed by atoms with van der Waals surface area (Å²) in [7, 11) is 3.36. The van der Waals surface area contributed by atoms with E-state index in [0.717, 1.165) is 41.3 Å². The van der Waals surface area contributed by atoms with Gasteiger partial charge >= 0.3 is 0 Å². The third-order valence-corrected chi connectivity index (χ3v) is 5.01. The number of rotatable bonds is 8. The molecule has 0 saturated carbocycles. The molecule has 136 valence electrons. The smallest absolute Gasteiger partial charge is 0.226 e. The number of carbonyl (C=O) groups is 1. The maximum Gasteiger partial charge on any atom is 0.226 e. The second-order valence-corrected chi connectivity index (χ2v) is 6.98. The molecule has 1 aliphatic carbocycles. The number of aromatic nitrogens is 1. The van der Waals surface area contributed by atoms with Crippen molar-refractivity contribution >= 4 is 35.0 Å². The minimum atomic E-state index is -0.000355. The predicted octanol–water partition coefficient (Wildman–Crippen LogP) is 2.73. The number of ether oxygens (including phenoxy) is 2. The highest BCUT2D eigenvalue weighted by molar-refractivity contribution is 7.13. The summed E-state index contributed by atoms with van der Waals surface area (Å²) < 4.78 is 11.6. The maximum absolute atomic E-state index is 12.0. The van der Waals surface area contributed by atoms with E-state index in [0.29, 0.717) is 11.6 Å². The van der Waals surface area contributed by atoms with Crippen molar-refractivity contribution in [1.29, 1.82) is 0 Å². The van der Waals surface area contributed by atoms with Crippen LogP contribution in [0.1, 0.15) is 39.0 Å². The Hall–Kier alpha value is -1.92. The topological polar surface area (TPSA) is 60.5 Å². The van der Waals surface area contributed by atoms with Gasteiger partial charge in [0.25, 0.3) is 0 Å². The van der Waals surface area contributed by atoms with E-state index in [2.05, 4.69) is 23.0 Å². The van der Waals surface area contributed by atoms with E-state index < -0.39 is 0 Å². The Morgan fingerprint density at radius 1 is 1.44 bits per heavy atom. The zero-order valence-corrected chi connectivity index (χ0v) is 15.9. The van der Waals surface area contributed by atoms with Crippen LogP contribution in [0.15, 0.2) is 23.5 Å². The summed E-state index contributed by atoms with van der Waals surface area (Å²) in [4.78, 5) is 16.3. The number of allylic oxidation sites excluding steroid dienone is 2. The summed E-state index contributed by atoms with van der Waals surface area (Å²) in [6, 6.07) is 0. The normalized spacial score (nSPS) is 17.9. The summed E-state index contributed by atoms with van der Waals surface area (Å²) in [6.07, 6.45) is 10.1. The number of hydrogen-bond donors (Lipinski definition) is 1. The molecule has 1 aromatic heterocycles. The number of nitrogens with zero attached hydrogens (tertiary/aromatic N) is 1. The average Bonchev–Trinajstić information content (AvgIpc) is 2.97. The van der Waals surface area contributed by atoms with Crippen molar-refractivity contribution < 1.29 is 14.3 Å². The number of thiazole rings is 1. The van der Waals surface area contributed by atoms with Gasteiger partial charge in [-0.15, -0.1) is 0 Å². The van der Waals surface area contributed by atoms with Gasteiger partial charge in [0.15, 0.2) is 5.13 Å². The lowest BCUT2D eigenvalue weighted by atomic mass is 9.96. The van der Waals surface area contributed by atoms with Crippen LogP contribution in [-0.2, 0) is 14.3 Å². The largest absolute Gasteiger partial charge is 0.498 e. The molecule has 1 heterocycles. The first kappa shape index (κ1) is 19.4. The second kappa shape index (κ2) is 9.53. The Morgan fingerprint density at radius 3 is 2.88 bits per heavy atom. The number of nitrogens with one attached hydrogen (secondary N) is 1. The minimum Gasteiger partial charge on any atom is -0.498 e. The maximum atomic E-state index is 12.0. The van der Waals surface area contributed by atoms with Gasteiger partial charge in [0.2, 0.25) is 5.91 Å². The quantitative estimate of drug-likeness (QED) is 0.723. The van der Waals surface area contributed by atoms with E-state index >= 15 is 0 Å². The molecule has 1 amide bonds. The zero-order chi connectivity index (χ0) is 18.2. The van der Waals surface area contributed by atoms with Crippen molar-refractivity contribution in [3.8, 4) is 0 Å². The van der Waals surface area contributed by atoms with Crippen LogP contribution in [0.2, 0.25) is 0 Å². The third kappa shape index (κ3) is 5.54. The predicted molar refractivity (Wildman–Crippen MR) is 103 cm³/mol. The highest BCUT2D eigenvalue weighted by atomic mass is 32.1. The van der Waals surface area contributed by atoms with E-state index in [4.69, 9.17) is 9.47 Å². The van der Waals surface area contributed by atoms with E-state index in [-0.39, 0.29) is 12.0 Å².